The molecule has 1 aliphatic heterocycles. The first kappa shape index (κ1) is 8.49. The topological polar surface area (TPSA) is 49.6 Å². The summed E-state index contributed by atoms with van der Waals surface area (Å²) in [5, 5.41) is 1.70. The molecule has 1 amide bonds. The highest BCUT2D eigenvalue weighted by Crippen LogP contribution is 2.14. The molecule has 1 heterocycles. The first-order chi connectivity index (χ1) is 5.11. The Kier molecular flexibility index (Phi) is 2.46. The third-order valence-electron chi connectivity index (χ3n) is 2.01. The van der Waals surface area contributed by atoms with Crippen LogP contribution in [0, 0.1) is 5.92 Å². The van der Waals surface area contributed by atoms with Crippen LogP contribution in [-0.4, -0.2) is 43.0 Å². The molecule has 2 N–H and O–H groups in total. The number of nitrogens with two attached hydrogens (primary N) is 1. The van der Waals surface area contributed by atoms with Gasteiger partial charge in [0.25, 0.3) is 0 Å². The van der Waals surface area contributed by atoms with Crippen molar-refractivity contribution in [3.05, 3.63) is 0 Å². The van der Waals surface area contributed by atoms with E-state index in [2.05, 4.69) is 0 Å². The summed E-state index contributed by atoms with van der Waals surface area (Å²) in [7, 11) is 3.56. The Bertz CT molecular complexity index is 158. The smallest absolute Gasteiger partial charge is 0.226 e. The van der Waals surface area contributed by atoms with Crippen LogP contribution in [-0.2, 0) is 4.79 Å². The molecule has 64 valence electrons. The highest BCUT2D eigenvalue weighted by Gasteiger charge is 2.27. The van der Waals surface area contributed by atoms with E-state index in [9.17, 15) is 4.79 Å². The Labute approximate surface area is 66.9 Å². The van der Waals surface area contributed by atoms with Crippen LogP contribution in [0.15, 0.2) is 0 Å². The van der Waals surface area contributed by atoms with E-state index in [1.54, 1.807) is 24.0 Å². The van der Waals surface area contributed by atoms with Crippen molar-refractivity contribution in [1.82, 2.24) is 9.91 Å². The zero-order valence-electron chi connectivity index (χ0n) is 7.08. The fraction of sp³-hybridized carbons (Fsp3) is 0.857. The Morgan fingerprint density at radius 1 is 1.64 bits per heavy atom. The average molecular weight is 157 g/mol. The van der Waals surface area contributed by atoms with Gasteiger partial charge in [0, 0.05) is 27.2 Å². The molecule has 4 heteroatoms. The molecular formula is C7H15N3O. The van der Waals surface area contributed by atoms with E-state index in [4.69, 9.17) is 5.84 Å². The Morgan fingerprint density at radius 3 is 2.64 bits per heavy atom. The molecular weight excluding hydrogens is 142 g/mol. The second-order valence-electron chi connectivity index (χ2n) is 3.21. The molecule has 0 saturated carbocycles. The Balaban J connectivity index is 2.43. The predicted octanol–water partition coefficient (Wildman–Crippen LogP) is -0.730. The van der Waals surface area contributed by atoms with Crippen LogP contribution in [0.2, 0.25) is 0 Å². The van der Waals surface area contributed by atoms with E-state index in [1.807, 2.05) is 0 Å². The Morgan fingerprint density at radius 2 is 2.27 bits per heavy atom. The van der Waals surface area contributed by atoms with Gasteiger partial charge in [0.15, 0.2) is 0 Å². The minimum Gasteiger partial charge on any atom is -0.349 e. The molecule has 1 atom stereocenters. The summed E-state index contributed by atoms with van der Waals surface area (Å²) < 4.78 is 0. The minimum absolute atomic E-state index is 0.120. The van der Waals surface area contributed by atoms with Gasteiger partial charge in [-0.1, -0.05) is 0 Å². The molecule has 1 unspecified atom stereocenters. The van der Waals surface area contributed by atoms with E-state index in [1.165, 1.54) is 0 Å². The third-order valence-corrected chi connectivity index (χ3v) is 2.01. The summed E-state index contributed by atoms with van der Waals surface area (Å²) in [6, 6.07) is 0. The highest BCUT2D eigenvalue weighted by atomic mass is 16.2. The number of amides is 1. The third kappa shape index (κ3) is 1.91. The second kappa shape index (κ2) is 3.19. The van der Waals surface area contributed by atoms with Gasteiger partial charge in [0.2, 0.25) is 5.91 Å². The monoisotopic (exact) mass is 157 g/mol. The molecule has 0 aliphatic carbocycles. The maximum absolute atomic E-state index is 11.3. The number of carbonyl (C=O) groups is 1. The molecule has 0 aromatic heterocycles. The van der Waals surface area contributed by atoms with E-state index in [-0.39, 0.29) is 11.8 Å². The number of hydrogen-bond donors (Lipinski definition) is 1. The van der Waals surface area contributed by atoms with E-state index >= 15 is 0 Å². The van der Waals surface area contributed by atoms with Gasteiger partial charge in [-0.05, 0) is 6.42 Å². The summed E-state index contributed by atoms with van der Waals surface area (Å²) in [5.74, 6) is 5.84. The molecule has 1 saturated heterocycles. The van der Waals surface area contributed by atoms with Crippen LogP contribution in [0.4, 0.5) is 0 Å². The van der Waals surface area contributed by atoms with E-state index < -0.39 is 0 Å². The second-order valence-corrected chi connectivity index (χ2v) is 3.21. The Hall–Kier alpha value is -0.610. The standard InChI is InChI=1S/C7H15N3O/c1-9(2)7(11)6-3-4-10(8)5-6/h6H,3-5,8H2,1-2H3. The van der Waals surface area contributed by atoms with E-state index in [0.29, 0.717) is 6.54 Å². The van der Waals surface area contributed by atoms with Gasteiger partial charge in [-0.2, -0.15) is 0 Å². The molecule has 0 bridgehead atoms. The van der Waals surface area contributed by atoms with Crippen molar-refractivity contribution >= 4 is 5.91 Å². The minimum atomic E-state index is 0.120. The lowest BCUT2D eigenvalue weighted by Gasteiger charge is -2.15. The van der Waals surface area contributed by atoms with Crippen molar-refractivity contribution in [2.24, 2.45) is 11.8 Å². The van der Waals surface area contributed by atoms with Crippen molar-refractivity contribution in [2.75, 3.05) is 27.2 Å². The molecule has 1 fully saturated rings. The first-order valence-electron chi connectivity index (χ1n) is 3.82. The number of nitrogens with zero attached hydrogens (tertiary/aromatic N) is 2. The fourth-order valence-electron chi connectivity index (χ4n) is 1.35. The number of hydrogen-bond acceptors (Lipinski definition) is 3. The van der Waals surface area contributed by atoms with Crippen molar-refractivity contribution in [3.63, 3.8) is 0 Å². The van der Waals surface area contributed by atoms with Crippen LogP contribution >= 0.6 is 0 Å². The largest absolute Gasteiger partial charge is 0.349 e. The predicted molar refractivity (Wildman–Crippen MR) is 42.6 cm³/mol. The number of carbonyl (C=O) groups excluding carboxylic acids is 1. The molecule has 1 rings (SSSR count). The van der Waals surface area contributed by atoms with Crippen LogP contribution in [0.5, 0.6) is 0 Å². The molecule has 1 aliphatic rings. The zero-order valence-corrected chi connectivity index (χ0v) is 7.08. The lowest BCUT2D eigenvalue weighted by atomic mass is 10.1. The summed E-state index contributed by atoms with van der Waals surface area (Å²) in [6.45, 7) is 1.54. The quantitative estimate of drug-likeness (QED) is 0.510. The normalized spacial score (nSPS) is 25.5. The first-order valence-corrected chi connectivity index (χ1v) is 3.82. The average Bonchev–Trinajstić information content (AvgIpc) is 2.34. The molecule has 0 aromatic rings. The molecule has 4 nitrogen and oxygen atoms in total. The lowest BCUT2D eigenvalue weighted by molar-refractivity contribution is -0.132. The van der Waals surface area contributed by atoms with Crippen molar-refractivity contribution < 1.29 is 4.79 Å². The SMILES string of the molecule is CN(C)C(=O)C1CCN(N)C1. The summed E-state index contributed by atoms with van der Waals surface area (Å²) >= 11 is 0. The summed E-state index contributed by atoms with van der Waals surface area (Å²) in [6.07, 6.45) is 0.896. The maximum Gasteiger partial charge on any atom is 0.226 e. The molecule has 0 aromatic carbocycles. The van der Waals surface area contributed by atoms with Gasteiger partial charge in [-0.3, -0.25) is 10.6 Å². The molecule has 0 spiro atoms. The van der Waals surface area contributed by atoms with Gasteiger partial charge < -0.3 is 4.90 Å². The summed E-state index contributed by atoms with van der Waals surface area (Å²) in [4.78, 5) is 13.0. The van der Waals surface area contributed by atoms with Crippen LogP contribution in [0.25, 0.3) is 0 Å². The van der Waals surface area contributed by atoms with Crippen molar-refractivity contribution in [2.45, 2.75) is 6.42 Å². The number of hydrazine groups is 1. The van der Waals surface area contributed by atoms with Crippen molar-refractivity contribution in [1.29, 1.82) is 0 Å². The van der Waals surface area contributed by atoms with Crippen LogP contribution in [0.1, 0.15) is 6.42 Å². The fourth-order valence-corrected chi connectivity index (χ4v) is 1.35. The van der Waals surface area contributed by atoms with Gasteiger partial charge in [-0.15, -0.1) is 0 Å². The van der Waals surface area contributed by atoms with Gasteiger partial charge in [0.1, 0.15) is 0 Å². The maximum atomic E-state index is 11.3. The lowest BCUT2D eigenvalue weighted by Crippen LogP contribution is -2.34. The van der Waals surface area contributed by atoms with Crippen LogP contribution in [0.3, 0.4) is 0 Å². The van der Waals surface area contributed by atoms with E-state index in [0.717, 1.165) is 13.0 Å². The number of rotatable bonds is 1. The van der Waals surface area contributed by atoms with Gasteiger partial charge in [0.05, 0.1) is 5.92 Å². The summed E-state index contributed by atoms with van der Waals surface area (Å²) in [5.41, 5.74) is 0. The molecule has 0 radical (unpaired) electrons. The van der Waals surface area contributed by atoms with Gasteiger partial charge in [-0.25, -0.2) is 5.01 Å². The highest BCUT2D eigenvalue weighted by molar-refractivity contribution is 5.78. The van der Waals surface area contributed by atoms with Gasteiger partial charge >= 0.3 is 0 Å². The molecule has 11 heavy (non-hydrogen) atoms. The zero-order chi connectivity index (χ0) is 8.43. The van der Waals surface area contributed by atoms with Crippen molar-refractivity contribution in [3.8, 4) is 0 Å². The van der Waals surface area contributed by atoms with Crippen LogP contribution < -0.4 is 5.84 Å².